The van der Waals surface area contributed by atoms with E-state index in [2.05, 4.69) is 40.9 Å². The van der Waals surface area contributed by atoms with Crippen LogP contribution in [0.4, 0.5) is 0 Å². The number of nitrogens with zero attached hydrogens (tertiary/aromatic N) is 3. The molecule has 1 saturated carbocycles. The highest BCUT2D eigenvalue weighted by Gasteiger charge is 2.28. The maximum atomic E-state index is 4.48. The fraction of sp³-hybridized carbons (Fsp3) is 0.938. The molecule has 4 heteroatoms. The maximum Gasteiger partial charge on any atom is 0.193 e. The lowest BCUT2D eigenvalue weighted by atomic mass is 9.92. The Morgan fingerprint density at radius 2 is 1.90 bits per heavy atom. The maximum absolute atomic E-state index is 4.48. The van der Waals surface area contributed by atoms with E-state index in [0.29, 0.717) is 0 Å². The second-order valence-electron chi connectivity index (χ2n) is 6.68. The molecule has 4 nitrogen and oxygen atoms in total. The Balaban J connectivity index is 1.77. The van der Waals surface area contributed by atoms with E-state index >= 15 is 0 Å². The van der Waals surface area contributed by atoms with Gasteiger partial charge in [-0.2, -0.15) is 0 Å². The fourth-order valence-corrected chi connectivity index (χ4v) is 3.52. The van der Waals surface area contributed by atoms with Gasteiger partial charge in [-0.05, 0) is 37.6 Å². The van der Waals surface area contributed by atoms with Gasteiger partial charge in [0.05, 0.1) is 0 Å². The van der Waals surface area contributed by atoms with Crippen LogP contribution < -0.4 is 5.32 Å². The summed E-state index contributed by atoms with van der Waals surface area (Å²) < 4.78 is 0. The average molecular weight is 280 g/mol. The molecule has 0 spiro atoms. The molecule has 2 atom stereocenters. The lowest BCUT2D eigenvalue weighted by molar-refractivity contribution is 0.207. The zero-order chi connectivity index (χ0) is 14.5. The molecule has 20 heavy (non-hydrogen) atoms. The Kier molecular flexibility index (Phi) is 5.70. The van der Waals surface area contributed by atoms with Crippen molar-refractivity contribution in [2.24, 2.45) is 16.8 Å². The van der Waals surface area contributed by atoms with E-state index in [1.54, 1.807) is 0 Å². The number of likely N-dealkylation sites (N-methyl/N-ethyl adjacent to an activating group) is 1. The SMILES string of the molecule is CCN(CCNC(=NC)N1CC(C)CC(C)C1)C1CC1. The topological polar surface area (TPSA) is 30.9 Å². The number of hydrogen-bond acceptors (Lipinski definition) is 2. The summed E-state index contributed by atoms with van der Waals surface area (Å²) in [6.45, 7) is 12.6. The van der Waals surface area contributed by atoms with E-state index in [1.165, 1.54) is 25.8 Å². The van der Waals surface area contributed by atoms with Crippen molar-refractivity contribution in [2.75, 3.05) is 39.8 Å². The van der Waals surface area contributed by atoms with Crippen LogP contribution >= 0.6 is 0 Å². The smallest absolute Gasteiger partial charge is 0.193 e. The number of nitrogens with one attached hydrogen (secondary N) is 1. The van der Waals surface area contributed by atoms with Crippen LogP contribution in [0.2, 0.25) is 0 Å². The van der Waals surface area contributed by atoms with Gasteiger partial charge in [0, 0.05) is 39.3 Å². The summed E-state index contributed by atoms with van der Waals surface area (Å²) in [5.74, 6) is 2.64. The highest BCUT2D eigenvalue weighted by Crippen LogP contribution is 2.26. The van der Waals surface area contributed by atoms with Crippen molar-refractivity contribution in [3.63, 3.8) is 0 Å². The second-order valence-corrected chi connectivity index (χ2v) is 6.68. The summed E-state index contributed by atoms with van der Waals surface area (Å²) in [7, 11) is 1.91. The van der Waals surface area contributed by atoms with Crippen molar-refractivity contribution in [1.82, 2.24) is 15.1 Å². The number of rotatable bonds is 5. The minimum absolute atomic E-state index is 0.774. The molecule has 2 rings (SSSR count). The molecule has 1 aliphatic heterocycles. The average Bonchev–Trinajstić information content (AvgIpc) is 3.22. The Hall–Kier alpha value is -0.770. The van der Waals surface area contributed by atoms with Crippen molar-refractivity contribution >= 4 is 5.96 Å². The third-order valence-electron chi connectivity index (χ3n) is 4.53. The van der Waals surface area contributed by atoms with Gasteiger partial charge in [0.25, 0.3) is 0 Å². The zero-order valence-corrected chi connectivity index (χ0v) is 13.7. The Labute approximate surface area is 124 Å². The predicted octanol–water partition coefficient (Wildman–Crippen LogP) is 2.02. The van der Waals surface area contributed by atoms with Crippen molar-refractivity contribution in [3.8, 4) is 0 Å². The first kappa shape index (κ1) is 15.6. The molecule has 1 aliphatic carbocycles. The van der Waals surface area contributed by atoms with Gasteiger partial charge in [0.1, 0.15) is 0 Å². The van der Waals surface area contributed by atoms with Gasteiger partial charge < -0.3 is 10.2 Å². The molecule has 1 N–H and O–H groups in total. The van der Waals surface area contributed by atoms with E-state index < -0.39 is 0 Å². The van der Waals surface area contributed by atoms with Crippen LogP contribution in [0.25, 0.3) is 0 Å². The molecule has 0 aromatic carbocycles. The van der Waals surface area contributed by atoms with E-state index in [4.69, 9.17) is 0 Å². The molecule has 0 aromatic rings. The Bertz CT molecular complexity index is 314. The first-order valence-corrected chi connectivity index (χ1v) is 8.33. The van der Waals surface area contributed by atoms with Crippen LogP contribution in [0.5, 0.6) is 0 Å². The summed E-state index contributed by atoms with van der Waals surface area (Å²) >= 11 is 0. The monoisotopic (exact) mass is 280 g/mol. The van der Waals surface area contributed by atoms with E-state index in [0.717, 1.165) is 50.0 Å². The molecule has 2 aliphatic rings. The minimum atomic E-state index is 0.774. The van der Waals surface area contributed by atoms with Crippen LogP contribution in [0.1, 0.15) is 40.0 Å². The molecule has 1 saturated heterocycles. The van der Waals surface area contributed by atoms with Gasteiger partial charge >= 0.3 is 0 Å². The van der Waals surface area contributed by atoms with Gasteiger partial charge in [-0.3, -0.25) is 9.89 Å². The standard InChI is InChI=1S/C16H32N4/c1-5-19(15-6-7-15)9-8-18-16(17-4)20-11-13(2)10-14(3)12-20/h13-15H,5-12H2,1-4H3,(H,17,18). The molecule has 0 aromatic heterocycles. The summed E-state index contributed by atoms with van der Waals surface area (Å²) in [5, 5.41) is 3.56. The Morgan fingerprint density at radius 3 is 2.40 bits per heavy atom. The first-order valence-electron chi connectivity index (χ1n) is 8.33. The highest BCUT2D eigenvalue weighted by atomic mass is 15.3. The van der Waals surface area contributed by atoms with E-state index in [-0.39, 0.29) is 0 Å². The number of hydrogen-bond donors (Lipinski definition) is 1. The van der Waals surface area contributed by atoms with Crippen LogP contribution in [-0.2, 0) is 0 Å². The van der Waals surface area contributed by atoms with Crippen LogP contribution in [0, 0.1) is 11.8 Å². The number of guanidine groups is 1. The van der Waals surface area contributed by atoms with Crippen LogP contribution in [-0.4, -0.2) is 61.6 Å². The quantitative estimate of drug-likeness (QED) is 0.617. The first-order chi connectivity index (χ1) is 9.63. The lowest BCUT2D eigenvalue weighted by Crippen LogP contribution is -2.49. The summed E-state index contributed by atoms with van der Waals surface area (Å²) in [6.07, 6.45) is 4.13. The van der Waals surface area contributed by atoms with Crippen molar-refractivity contribution in [1.29, 1.82) is 0 Å². The largest absolute Gasteiger partial charge is 0.355 e. The molecule has 0 radical (unpaired) electrons. The molecule has 0 amide bonds. The van der Waals surface area contributed by atoms with Crippen LogP contribution in [0.3, 0.4) is 0 Å². The summed E-state index contributed by atoms with van der Waals surface area (Å²) in [5.41, 5.74) is 0. The molecule has 116 valence electrons. The number of piperidine rings is 1. The molecular weight excluding hydrogens is 248 g/mol. The lowest BCUT2D eigenvalue weighted by Gasteiger charge is -2.37. The molecule has 2 unspecified atom stereocenters. The van der Waals surface area contributed by atoms with Crippen molar-refractivity contribution in [3.05, 3.63) is 0 Å². The van der Waals surface area contributed by atoms with Crippen LogP contribution in [0.15, 0.2) is 4.99 Å². The summed E-state index contributed by atoms with van der Waals surface area (Å²) in [4.78, 5) is 9.50. The third-order valence-corrected chi connectivity index (χ3v) is 4.53. The molecule has 0 bridgehead atoms. The number of likely N-dealkylation sites (tertiary alicyclic amines) is 1. The predicted molar refractivity (Wildman–Crippen MR) is 86.1 cm³/mol. The third kappa shape index (κ3) is 4.37. The van der Waals surface area contributed by atoms with Gasteiger partial charge in [0.2, 0.25) is 0 Å². The van der Waals surface area contributed by atoms with Gasteiger partial charge in [-0.1, -0.05) is 20.8 Å². The van der Waals surface area contributed by atoms with E-state index in [1.807, 2.05) is 7.05 Å². The van der Waals surface area contributed by atoms with Gasteiger partial charge in [0.15, 0.2) is 5.96 Å². The zero-order valence-electron chi connectivity index (χ0n) is 13.7. The molecular formula is C16H32N4. The highest BCUT2D eigenvalue weighted by molar-refractivity contribution is 5.80. The summed E-state index contributed by atoms with van der Waals surface area (Å²) in [6, 6.07) is 0.860. The van der Waals surface area contributed by atoms with Crippen molar-refractivity contribution < 1.29 is 0 Å². The second kappa shape index (κ2) is 7.30. The normalized spacial score (nSPS) is 28.1. The van der Waals surface area contributed by atoms with Gasteiger partial charge in [-0.15, -0.1) is 0 Å². The number of aliphatic imine (C=N–C) groups is 1. The van der Waals surface area contributed by atoms with Crippen molar-refractivity contribution in [2.45, 2.75) is 46.1 Å². The Morgan fingerprint density at radius 1 is 1.25 bits per heavy atom. The molecule has 1 heterocycles. The van der Waals surface area contributed by atoms with E-state index in [9.17, 15) is 0 Å². The van der Waals surface area contributed by atoms with Gasteiger partial charge in [-0.25, -0.2) is 0 Å². The fourth-order valence-electron chi connectivity index (χ4n) is 3.52. The minimum Gasteiger partial charge on any atom is -0.355 e. The molecule has 2 fully saturated rings.